The molecule has 0 radical (unpaired) electrons. The zero-order valence-electron chi connectivity index (χ0n) is 16.5. The molecule has 5 N–H and O–H groups in total. The van der Waals surface area contributed by atoms with Gasteiger partial charge in [0, 0.05) is 18.2 Å². The summed E-state index contributed by atoms with van der Waals surface area (Å²) >= 11 is 0. The lowest BCUT2D eigenvalue weighted by molar-refractivity contribution is -0.0472. The lowest BCUT2D eigenvalue weighted by Gasteiger charge is -2.20. The number of nitrogens with one attached hydrogen (secondary N) is 1. The Kier molecular flexibility index (Phi) is 8.59. The fourth-order valence-electron chi connectivity index (χ4n) is 2.61. The summed E-state index contributed by atoms with van der Waals surface area (Å²) in [6, 6.07) is 0. The fourth-order valence-corrected chi connectivity index (χ4v) is 5.64. The third kappa shape index (κ3) is 7.87. The molecule has 0 aromatic carbocycles. The van der Waals surface area contributed by atoms with Crippen LogP contribution in [-0.2, 0) is 36.3 Å². The maximum Gasteiger partial charge on any atom is 0.490 e. The minimum atomic E-state index is -5.67. The smallest absolute Gasteiger partial charge is 0.490 e. The number of aryl methyl sites for hydroxylation is 1. The van der Waals surface area contributed by atoms with E-state index in [1.54, 1.807) is 6.92 Å². The highest BCUT2D eigenvalue weighted by molar-refractivity contribution is 7.66. The molecular formula is C13H21N2O14P3. The van der Waals surface area contributed by atoms with Crippen LogP contribution in [-0.4, -0.2) is 47.9 Å². The summed E-state index contributed by atoms with van der Waals surface area (Å²) < 4.78 is 58.0. The fraction of sp³-hybridized carbons (Fsp3) is 0.538. The van der Waals surface area contributed by atoms with Gasteiger partial charge in [-0.2, -0.15) is 8.62 Å². The predicted molar refractivity (Wildman–Crippen MR) is 104 cm³/mol. The van der Waals surface area contributed by atoms with Gasteiger partial charge in [0.15, 0.2) is 0 Å². The summed E-state index contributed by atoms with van der Waals surface area (Å²) in [5, 5.41) is 0. The van der Waals surface area contributed by atoms with E-state index in [1.807, 2.05) is 0 Å². The molecule has 0 bridgehead atoms. The number of nitrogens with zero attached hydrogens (tertiary/aromatic N) is 1. The maximum absolute atomic E-state index is 12.1. The first-order valence-corrected chi connectivity index (χ1v) is 13.2. The van der Waals surface area contributed by atoms with Crippen molar-refractivity contribution in [2.45, 2.75) is 38.7 Å². The van der Waals surface area contributed by atoms with E-state index in [0.717, 1.165) is 4.57 Å². The molecule has 0 saturated carbocycles. The van der Waals surface area contributed by atoms with Gasteiger partial charge in [-0.05, 0) is 13.8 Å². The number of phosphoric ester groups is 1. The first kappa shape index (κ1) is 26.8. The third-order valence-corrected chi connectivity index (χ3v) is 7.65. The third-order valence-electron chi connectivity index (χ3n) is 3.84. The van der Waals surface area contributed by atoms with Crippen molar-refractivity contribution in [2.75, 3.05) is 6.61 Å². The van der Waals surface area contributed by atoms with E-state index in [0.29, 0.717) is 0 Å². The van der Waals surface area contributed by atoms with Gasteiger partial charge in [-0.25, -0.2) is 18.5 Å². The largest absolute Gasteiger partial charge is 0.495 e. The van der Waals surface area contributed by atoms with Gasteiger partial charge in [0.2, 0.25) is 0 Å². The molecule has 0 aliphatic carbocycles. The van der Waals surface area contributed by atoms with E-state index in [2.05, 4.69) is 18.1 Å². The van der Waals surface area contributed by atoms with Crippen LogP contribution in [0.1, 0.15) is 25.1 Å². The molecule has 0 amide bonds. The van der Waals surface area contributed by atoms with Crippen LogP contribution in [0, 0.1) is 6.92 Å². The van der Waals surface area contributed by atoms with Gasteiger partial charge in [-0.15, -0.1) is 0 Å². The topological polar surface area (TPSA) is 233 Å². The van der Waals surface area contributed by atoms with Gasteiger partial charge < -0.3 is 29.0 Å². The second kappa shape index (κ2) is 10.2. The zero-order chi connectivity index (χ0) is 24.3. The van der Waals surface area contributed by atoms with Gasteiger partial charge in [-0.1, -0.05) is 6.08 Å². The molecular weight excluding hydrogens is 501 g/mol. The van der Waals surface area contributed by atoms with Crippen molar-refractivity contribution in [1.29, 1.82) is 0 Å². The average molecular weight is 522 g/mol. The lowest BCUT2D eigenvalue weighted by atomic mass is 10.2. The number of aromatic amines is 1. The second-order valence-corrected chi connectivity index (χ2v) is 10.8. The van der Waals surface area contributed by atoms with Gasteiger partial charge in [-0.3, -0.25) is 18.9 Å². The van der Waals surface area contributed by atoms with Crippen LogP contribution in [0.4, 0.5) is 0 Å². The zero-order valence-corrected chi connectivity index (χ0v) is 19.2. The molecule has 1 aromatic heterocycles. The highest BCUT2D eigenvalue weighted by Gasteiger charge is 2.43. The first-order chi connectivity index (χ1) is 14.6. The second-order valence-electron chi connectivity index (χ2n) is 6.37. The SMILES string of the molecule is C/C=C/O[C@H]1C[C@H](n2cc(C)c(=O)[nH]c2=O)O[C@@H]1COP(=O)(O)OP(=O)(O)OP(=O)(O)O. The Morgan fingerprint density at radius 3 is 2.44 bits per heavy atom. The minimum Gasteiger partial charge on any atom is -0.495 e. The molecule has 2 rings (SSSR count). The first-order valence-electron chi connectivity index (χ1n) is 8.65. The number of rotatable bonds is 10. The molecule has 32 heavy (non-hydrogen) atoms. The molecule has 16 nitrogen and oxygen atoms in total. The Morgan fingerprint density at radius 1 is 1.19 bits per heavy atom. The van der Waals surface area contributed by atoms with Crippen molar-refractivity contribution < 1.29 is 55.9 Å². The van der Waals surface area contributed by atoms with Gasteiger partial charge in [0.25, 0.3) is 5.56 Å². The molecule has 2 heterocycles. The number of allylic oxidation sites excluding steroid dienone is 1. The van der Waals surface area contributed by atoms with Crippen LogP contribution in [0.15, 0.2) is 28.1 Å². The lowest BCUT2D eigenvalue weighted by Crippen LogP contribution is -2.33. The van der Waals surface area contributed by atoms with Crippen molar-refractivity contribution in [2.24, 2.45) is 0 Å². The van der Waals surface area contributed by atoms with E-state index >= 15 is 0 Å². The van der Waals surface area contributed by atoms with Crippen LogP contribution in [0.2, 0.25) is 0 Å². The van der Waals surface area contributed by atoms with Crippen LogP contribution in [0.5, 0.6) is 0 Å². The summed E-state index contributed by atoms with van der Waals surface area (Å²) in [5.74, 6) is 0. The average Bonchev–Trinajstić information content (AvgIpc) is 3.01. The number of hydrogen-bond acceptors (Lipinski definition) is 10. The Hall–Kier alpha value is -1.41. The summed E-state index contributed by atoms with van der Waals surface area (Å²) in [4.78, 5) is 61.6. The van der Waals surface area contributed by atoms with Gasteiger partial charge in [0.1, 0.15) is 18.4 Å². The number of aromatic nitrogens is 2. The van der Waals surface area contributed by atoms with Crippen LogP contribution < -0.4 is 11.2 Å². The van der Waals surface area contributed by atoms with Crippen molar-refractivity contribution >= 4 is 23.5 Å². The van der Waals surface area contributed by atoms with E-state index in [-0.39, 0.29) is 12.0 Å². The van der Waals surface area contributed by atoms with Crippen molar-refractivity contribution in [3.05, 3.63) is 44.9 Å². The Morgan fingerprint density at radius 2 is 1.84 bits per heavy atom. The van der Waals surface area contributed by atoms with E-state index in [9.17, 15) is 33.1 Å². The normalized spacial score (nSPS) is 25.5. The van der Waals surface area contributed by atoms with E-state index in [4.69, 9.17) is 19.3 Å². The quantitative estimate of drug-likeness (QED) is 0.207. The molecule has 182 valence electrons. The molecule has 1 aliphatic rings. The molecule has 5 atom stereocenters. The molecule has 19 heteroatoms. The molecule has 1 saturated heterocycles. The van der Waals surface area contributed by atoms with E-state index < -0.39 is 59.8 Å². The Balaban J connectivity index is 2.14. The van der Waals surface area contributed by atoms with Crippen molar-refractivity contribution in [3.8, 4) is 0 Å². The highest BCUT2D eigenvalue weighted by atomic mass is 31.3. The molecule has 1 fully saturated rings. The predicted octanol–water partition coefficient (Wildman–Crippen LogP) is 0.395. The molecule has 2 unspecified atom stereocenters. The molecule has 1 aliphatic heterocycles. The van der Waals surface area contributed by atoms with E-state index in [1.165, 1.54) is 25.5 Å². The Labute approximate surface area is 179 Å². The standard InChI is InChI=1S/C13H21N2O14P3/c1-3-4-25-9-5-11(15-6-8(2)12(16)14-13(15)17)27-10(9)7-26-31(21,22)29-32(23,24)28-30(18,19)20/h3-4,6,9-11H,5,7H2,1-2H3,(H,21,22)(H,23,24)(H,14,16,17)(H2,18,19,20)/b4-3+/t9-,10+,11+/m0/s1. The summed E-state index contributed by atoms with van der Waals surface area (Å²) in [6.07, 6.45) is 1.20. The molecule has 0 spiro atoms. The van der Waals surface area contributed by atoms with Crippen molar-refractivity contribution in [3.63, 3.8) is 0 Å². The minimum absolute atomic E-state index is 0.0418. The van der Waals surface area contributed by atoms with Crippen molar-refractivity contribution in [1.82, 2.24) is 9.55 Å². The Bertz CT molecular complexity index is 1110. The number of phosphoric acid groups is 3. The number of H-pyrrole nitrogens is 1. The summed E-state index contributed by atoms with van der Waals surface area (Å²) in [6.45, 7) is 2.34. The van der Waals surface area contributed by atoms with Crippen LogP contribution >= 0.6 is 23.5 Å². The monoisotopic (exact) mass is 522 g/mol. The highest BCUT2D eigenvalue weighted by Crippen LogP contribution is 2.66. The van der Waals surface area contributed by atoms with Crippen LogP contribution in [0.25, 0.3) is 0 Å². The summed E-state index contributed by atoms with van der Waals surface area (Å²) in [7, 11) is -16.6. The van der Waals surface area contributed by atoms with Crippen LogP contribution in [0.3, 0.4) is 0 Å². The maximum atomic E-state index is 12.1. The summed E-state index contributed by atoms with van der Waals surface area (Å²) in [5.41, 5.74) is -1.14. The molecule has 1 aromatic rings. The van der Waals surface area contributed by atoms with Gasteiger partial charge >= 0.3 is 29.2 Å². The van der Waals surface area contributed by atoms with Gasteiger partial charge in [0.05, 0.1) is 12.9 Å². The number of ether oxygens (including phenoxy) is 2. The number of hydrogen-bond donors (Lipinski definition) is 5.